The number of nitrogens with zero attached hydrogens (tertiary/aromatic N) is 4. The lowest BCUT2D eigenvalue weighted by Gasteiger charge is -2.21. The summed E-state index contributed by atoms with van der Waals surface area (Å²) in [5.74, 6) is 0.463. The van der Waals surface area contributed by atoms with Crippen molar-refractivity contribution in [2.24, 2.45) is 11.7 Å². The van der Waals surface area contributed by atoms with Gasteiger partial charge in [0.05, 0.1) is 17.5 Å². The number of aromatic nitrogens is 4. The summed E-state index contributed by atoms with van der Waals surface area (Å²) in [6, 6.07) is 6.29. The molecule has 3 heterocycles. The summed E-state index contributed by atoms with van der Waals surface area (Å²) >= 11 is 0. The highest BCUT2D eigenvalue weighted by Gasteiger charge is 2.31. The molecular formula is C23H28N6O3. The third-order valence-electron chi connectivity index (χ3n) is 6.62. The lowest BCUT2D eigenvalue weighted by molar-refractivity contribution is -0.125. The molecule has 2 amide bonds. The first-order valence-corrected chi connectivity index (χ1v) is 11.0. The first-order chi connectivity index (χ1) is 15.2. The van der Waals surface area contributed by atoms with E-state index >= 15 is 0 Å². The first kappa shape index (κ1) is 20.5. The van der Waals surface area contributed by atoms with Gasteiger partial charge in [-0.2, -0.15) is 5.10 Å². The summed E-state index contributed by atoms with van der Waals surface area (Å²) in [4.78, 5) is 28.2. The van der Waals surface area contributed by atoms with E-state index < -0.39 is 11.4 Å². The van der Waals surface area contributed by atoms with Gasteiger partial charge < -0.3 is 20.4 Å². The molecule has 32 heavy (non-hydrogen) atoms. The zero-order chi connectivity index (χ0) is 22.6. The van der Waals surface area contributed by atoms with Crippen LogP contribution in [0.4, 0.5) is 0 Å². The zero-order valence-corrected chi connectivity index (χ0v) is 18.5. The Morgan fingerprint density at radius 3 is 2.78 bits per heavy atom. The Labute approximate surface area is 185 Å². The third kappa shape index (κ3) is 3.51. The van der Waals surface area contributed by atoms with Crippen molar-refractivity contribution in [2.75, 3.05) is 6.54 Å². The fourth-order valence-electron chi connectivity index (χ4n) is 4.16. The molecule has 0 unspecified atom stereocenters. The van der Waals surface area contributed by atoms with E-state index in [1.807, 2.05) is 31.5 Å². The Morgan fingerprint density at radius 1 is 1.34 bits per heavy atom. The van der Waals surface area contributed by atoms with Crippen molar-refractivity contribution < 1.29 is 14.3 Å². The number of fused-ring (bicyclic) bond motifs is 1. The predicted octanol–water partition coefficient (Wildman–Crippen LogP) is 2.36. The number of carbonyl (C=O) groups is 2. The summed E-state index contributed by atoms with van der Waals surface area (Å²) < 4.78 is 10.2. The van der Waals surface area contributed by atoms with E-state index in [4.69, 9.17) is 10.5 Å². The predicted molar refractivity (Wildman–Crippen MR) is 119 cm³/mol. The summed E-state index contributed by atoms with van der Waals surface area (Å²) in [6.45, 7) is 6.10. The van der Waals surface area contributed by atoms with Gasteiger partial charge in [0.1, 0.15) is 22.9 Å². The van der Waals surface area contributed by atoms with Gasteiger partial charge >= 0.3 is 0 Å². The topological polar surface area (TPSA) is 117 Å². The van der Waals surface area contributed by atoms with Gasteiger partial charge in [0.15, 0.2) is 0 Å². The van der Waals surface area contributed by atoms with Gasteiger partial charge in [-0.3, -0.25) is 14.3 Å². The largest absolute Gasteiger partial charge is 0.488 e. The molecule has 9 nitrogen and oxygen atoms in total. The number of hydrogen-bond donors (Lipinski definition) is 2. The summed E-state index contributed by atoms with van der Waals surface area (Å²) in [5, 5.41) is 7.50. The Bertz CT molecular complexity index is 1210. The Kier molecular flexibility index (Phi) is 4.72. The standard InChI is InChI=1S/C23H28N6O3/c1-13(15-10-20(30)25-11-15)32-19-9-14(8-18-21(19)28(12-26-18)16-4-5-16)17-6-7-29(27-17)23(2,3)22(24)31/h6-9,12-13,15-16H,4-5,10-11H2,1-3H3,(H2,24,31)(H,25,30)/t13-,15-/m1/s1. The van der Waals surface area contributed by atoms with Gasteiger partial charge in [0.25, 0.3) is 0 Å². The van der Waals surface area contributed by atoms with E-state index in [0.29, 0.717) is 24.7 Å². The Hall–Kier alpha value is -3.36. The third-order valence-corrected chi connectivity index (χ3v) is 6.62. The van der Waals surface area contributed by atoms with Crippen molar-refractivity contribution in [2.45, 2.75) is 57.7 Å². The highest BCUT2D eigenvalue weighted by molar-refractivity contribution is 5.88. The van der Waals surface area contributed by atoms with E-state index in [2.05, 4.69) is 20.0 Å². The van der Waals surface area contributed by atoms with Crippen LogP contribution in [-0.4, -0.2) is 43.8 Å². The number of imidazole rings is 1. The highest BCUT2D eigenvalue weighted by atomic mass is 16.5. The average Bonchev–Trinajstić information content (AvgIpc) is 3.15. The van der Waals surface area contributed by atoms with Gasteiger partial charge in [0.2, 0.25) is 11.8 Å². The zero-order valence-electron chi connectivity index (χ0n) is 18.5. The maximum Gasteiger partial charge on any atom is 0.244 e. The second-order valence-corrected chi connectivity index (χ2v) is 9.39. The molecule has 2 aliphatic rings. The van der Waals surface area contributed by atoms with Crippen LogP contribution in [-0.2, 0) is 15.1 Å². The van der Waals surface area contributed by atoms with E-state index in [9.17, 15) is 9.59 Å². The van der Waals surface area contributed by atoms with Crippen LogP contribution in [0.5, 0.6) is 5.75 Å². The first-order valence-electron chi connectivity index (χ1n) is 11.0. The molecule has 2 fully saturated rings. The van der Waals surface area contributed by atoms with Crippen LogP contribution in [0.15, 0.2) is 30.7 Å². The maximum atomic E-state index is 11.8. The summed E-state index contributed by atoms with van der Waals surface area (Å²) in [5.41, 5.74) is 7.97. The van der Waals surface area contributed by atoms with Crippen molar-refractivity contribution in [3.05, 3.63) is 30.7 Å². The molecule has 1 aliphatic heterocycles. The van der Waals surface area contributed by atoms with Gasteiger partial charge in [-0.15, -0.1) is 0 Å². The number of hydrogen-bond acceptors (Lipinski definition) is 5. The monoisotopic (exact) mass is 436 g/mol. The minimum Gasteiger partial charge on any atom is -0.488 e. The summed E-state index contributed by atoms with van der Waals surface area (Å²) in [6.07, 6.45) is 6.23. The molecular weight excluding hydrogens is 408 g/mol. The second-order valence-electron chi connectivity index (χ2n) is 9.39. The number of amides is 2. The van der Waals surface area contributed by atoms with Crippen LogP contribution in [0.25, 0.3) is 22.3 Å². The smallest absolute Gasteiger partial charge is 0.244 e. The molecule has 1 saturated carbocycles. The van der Waals surface area contributed by atoms with Crippen molar-refractivity contribution >= 4 is 22.8 Å². The molecule has 9 heteroatoms. The number of rotatable bonds is 7. The molecule has 0 radical (unpaired) electrons. The number of ether oxygens (including phenoxy) is 1. The molecule has 2 atom stereocenters. The van der Waals surface area contributed by atoms with Crippen molar-refractivity contribution in [1.82, 2.24) is 24.6 Å². The molecule has 1 aromatic carbocycles. The average molecular weight is 437 g/mol. The lowest BCUT2D eigenvalue weighted by Crippen LogP contribution is -2.41. The molecule has 1 saturated heterocycles. The van der Waals surface area contributed by atoms with Crippen molar-refractivity contribution in [1.29, 1.82) is 0 Å². The highest BCUT2D eigenvalue weighted by Crippen LogP contribution is 2.41. The molecule has 0 bridgehead atoms. The SMILES string of the molecule is C[C@@H](Oc1cc(-c2ccn(C(C)(C)C(N)=O)n2)cc2ncn(C3CC3)c12)[C@H]1CNC(=O)C1. The number of primary amides is 1. The van der Waals surface area contributed by atoms with E-state index in [1.165, 1.54) is 0 Å². The van der Waals surface area contributed by atoms with Crippen LogP contribution < -0.4 is 15.8 Å². The van der Waals surface area contributed by atoms with Crippen LogP contribution in [0.3, 0.4) is 0 Å². The molecule has 3 aromatic rings. The van der Waals surface area contributed by atoms with Gasteiger partial charge in [0, 0.05) is 36.7 Å². The number of nitrogens with two attached hydrogens (primary N) is 1. The number of carbonyl (C=O) groups excluding carboxylic acids is 2. The molecule has 1 aliphatic carbocycles. The summed E-state index contributed by atoms with van der Waals surface area (Å²) in [7, 11) is 0. The van der Waals surface area contributed by atoms with Gasteiger partial charge in [-0.1, -0.05) is 0 Å². The fraction of sp³-hybridized carbons (Fsp3) is 0.478. The fourth-order valence-corrected chi connectivity index (χ4v) is 4.16. The lowest BCUT2D eigenvalue weighted by atomic mass is 10.0. The van der Waals surface area contributed by atoms with Crippen LogP contribution in [0.2, 0.25) is 0 Å². The minimum atomic E-state index is -0.939. The molecule has 3 N–H and O–H groups in total. The quantitative estimate of drug-likeness (QED) is 0.590. The number of nitrogens with one attached hydrogen (secondary N) is 1. The maximum absolute atomic E-state index is 11.8. The number of benzene rings is 1. The molecule has 168 valence electrons. The van der Waals surface area contributed by atoms with Crippen molar-refractivity contribution in [3.8, 4) is 17.0 Å². The normalized spacial score (nSPS) is 19.8. The van der Waals surface area contributed by atoms with Gasteiger partial charge in [-0.05, 0) is 51.8 Å². The molecule has 0 spiro atoms. The molecule has 2 aromatic heterocycles. The van der Waals surface area contributed by atoms with Crippen LogP contribution in [0.1, 0.15) is 46.1 Å². The van der Waals surface area contributed by atoms with Crippen LogP contribution >= 0.6 is 0 Å². The minimum absolute atomic E-state index is 0.0648. The Morgan fingerprint density at radius 2 is 2.12 bits per heavy atom. The molecule has 5 rings (SSSR count). The second kappa shape index (κ2) is 7.36. The van der Waals surface area contributed by atoms with Crippen molar-refractivity contribution in [3.63, 3.8) is 0 Å². The van der Waals surface area contributed by atoms with E-state index in [1.54, 1.807) is 24.7 Å². The van der Waals surface area contributed by atoms with Crippen LogP contribution in [0, 0.1) is 5.92 Å². The Balaban J connectivity index is 1.54. The van der Waals surface area contributed by atoms with E-state index in [-0.39, 0.29) is 17.9 Å². The van der Waals surface area contributed by atoms with E-state index in [0.717, 1.165) is 35.2 Å². The van der Waals surface area contributed by atoms with Gasteiger partial charge in [-0.25, -0.2) is 4.98 Å².